The van der Waals surface area contributed by atoms with Crippen LogP contribution < -0.4 is 5.32 Å². The van der Waals surface area contributed by atoms with Crippen LogP contribution in [0.25, 0.3) is 0 Å². The molecule has 2 aromatic rings. The van der Waals surface area contributed by atoms with Crippen molar-refractivity contribution in [3.05, 3.63) is 40.8 Å². The maximum Gasteiger partial charge on any atom is 0.142 e. The van der Waals surface area contributed by atoms with Crippen LogP contribution in [0.1, 0.15) is 22.6 Å². The Kier molecular flexibility index (Phi) is 3.28. The molecular weight excluding hydrogens is 226 g/mol. The van der Waals surface area contributed by atoms with E-state index < -0.39 is 0 Å². The minimum atomic E-state index is 0.579. The van der Waals surface area contributed by atoms with Gasteiger partial charge in [0.2, 0.25) is 0 Å². The topological polar surface area (TPSA) is 66.5 Å². The Labute approximate surface area is 106 Å². The number of anilines is 1. The molecule has 0 saturated carbocycles. The average Bonchev–Trinajstić information content (AvgIpc) is 2.60. The van der Waals surface area contributed by atoms with Crippen molar-refractivity contribution in [3.63, 3.8) is 0 Å². The lowest BCUT2D eigenvalue weighted by molar-refractivity contribution is 0.757. The standard InChI is InChI=1S/C13H15N5/c1-9-5-4-6-11(16-9)8-15-13-12(7-14)10(2)17-18(13)3/h4-6,15H,8H2,1-3H3. The number of nitriles is 1. The molecule has 0 unspecified atom stereocenters. The van der Waals surface area contributed by atoms with Gasteiger partial charge in [0.25, 0.3) is 0 Å². The van der Waals surface area contributed by atoms with Gasteiger partial charge >= 0.3 is 0 Å². The van der Waals surface area contributed by atoms with Gasteiger partial charge in [-0.1, -0.05) is 6.07 Å². The highest BCUT2D eigenvalue weighted by molar-refractivity contribution is 5.55. The highest BCUT2D eigenvalue weighted by Gasteiger charge is 2.12. The van der Waals surface area contributed by atoms with Crippen LogP contribution in [-0.4, -0.2) is 14.8 Å². The van der Waals surface area contributed by atoms with Gasteiger partial charge in [-0.25, -0.2) is 0 Å². The third-order valence-corrected chi connectivity index (χ3v) is 2.72. The van der Waals surface area contributed by atoms with Crippen LogP contribution in [0.15, 0.2) is 18.2 Å². The van der Waals surface area contributed by atoms with Gasteiger partial charge in [0.15, 0.2) is 0 Å². The molecule has 2 aromatic heterocycles. The zero-order valence-corrected chi connectivity index (χ0v) is 10.7. The molecule has 5 nitrogen and oxygen atoms in total. The van der Waals surface area contributed by atoms with Crippen LogP contribution in [-0.2, 0) is 13.6 Å². The first-order valence-corrected chi connectivity index (χ1v) is 5.72. The fourth-order valence-corrected chi connectivity index (χ4v) is 1.87. The first kappa shape index (κ1) is 12.1. The van der Waals surface area contributed by atoms with E-state index in [9.17, 15) is 0 Å². The second-order valence-corrected chi connectivity index (χ2v) is 4.17. The van der Waals surface area contributed by atoms with E-state index in [1.54, 1.807) is 4.68 Å². The van der Waals surface area contributed by atoms with Crippen molar-refractivity contribution in [2.24, 2.45) is 7.05 Å². The van der Waals surface area contributed by atoms with E-state index in [-0.39, 0.29) is 0 Å². The summed E-state index contributed by atoms with van der Waals surface area (Å²) in [5.74, 6) is 0.735. The molecule has 0 aliphatic carbocycles. The lowest BCUT2D eigenvalue weighted by Gasteiger charge is -2.07. The quantitative estimate of drug-likeness (QED) is 0.891. The maximum absolute atomic E-state index is 9.09. The predicted molar refractivity (Wildman–Crippen MR) is 69.0 cm³/mol. The second-order valence-electron chi connectivity index (χ2n) is 4.17. The summed E-state index contributed by atoms with van der Waals surface area (Å²) in [5, 5.41) is 16.5. The van der Waals surface area contributed by atoms with Crippen LogP contribution in [0, 0.1) is 25.2 Å². The summed E-state index contributed by atoms with van der Waals surface area (Å²) in [5.41, 5.74) is 3.25. The van der Waals surface area contributed by atoms with Crippen molar-refractivity contribution in [2.75, 3.05) is 5.32 Å². The average molecular weight is 241 g/mol. The Morgan fingerprint density at radius 1 is 1.39 bits per heavy atom. The minimum absolute atomic E-state index is 0.579. The Morgan fingerprint density at radius 3 is 2.83 bits per heavy atom. The number of nitrogens with zero attached hydrogens (tertiary/aromatic N) is 4. The number of nitrogens with one attached hydrogen (secondary N) is 1. The summed E-state index contributed by atoms with van der Waals surface area (Å²) < 4.78 is 1.68. The van der Waals surface area contributed by atoms with Gasteiger partial charge in [-0.3, -0.25) is 9.67 Å². The van der Waals surface area contributed by atoms with E-state index in [4.69, 9.17) is 5.26 Å². The Morgan fingerprint density at radius 2 is 2.17 bits per heavy atom. The molecule has 5 heteroatoms. The molecule has 92 valence electrons. The number of aromatic nitrogens is 3. The van der Waals surface area contributed by atoms with Crippen LogP contribution in [0.3, 0.4) is 0 Å². The zero-order chi connectivity index (χ0) is 13.1. The fourth-order valence-electron chi connectivity index (χ4n) is 1.87. The number of hydrogen-bond donors (Lipinski definition) is 1. The van der Waals surface area contributed by atoms with Gasteiger partial charge in [0, 0.05) is 12.7 Å². The molecule has 0 bridgehead atoms. The lowest BCUT2D eigenvalue weighted by Crippen LogP contribution is -2.07. The van der Waals surface area contributed by atoms with Crippen molar-refractivity contribution in [2.45, 2.75) is 20.4 Å². The molecule has 18 heavy (non-hydrogen) atoms. The molecule has 0 radical (unpaired) electrons. The van der Waals surface area contributed by atoms with Crippen LogP contribution in [0.5, 0.6) is 0 Å². The van der Waals surface area contributed by atoms with Gasteiger partial charge in [0.05, 0.1) is 17.9 Å². The van der Waals surface area contributed by atoms with Crippen molar-refractivity contribution in [1.29, 1.82) is 5.26 Å². The molecule has 0 saturated heterocycles. The first-order valence-electron chi connectivity index (χ1n) is 5.72. The molecular formula is C13H15N5. The first-order chi connectivity index (χ1) is 8.61. The smallest absolute Gasteiger partial charge is 0.142 e. The van der Waals surface area contributed by atoms with E-state index in [2.05, 4.69) is 21.5 Å². The molecule has 2 rings (SSSR count). The molecule has 0 spiro atoms. The molecule has 0 amide bonds. The van der Waals surface area contributed by atoms with E-state index in [0.29, 0.717) is 12.1 Å². The van der Waals surface area contributed by atoms with E-state index >= 15 is 0 Å². The maximum atomic E-state index is 9.09. The monoisotopic (exact) mass is 241 g/mol. The summed E-state index contributed by atoms with van der Waals surface area (Å²) in [7, 11) is 1.82. The van der Waals surface area contributed by atoms with Crippen LogP contribution in [0.2, 0.25) is 0 Å². The normalized spacial score (nSPS) is 10.1. The van der Waals surface area contributed by atoms with Crippen molar-refractivity contribution in [1.82, 2.24) is 14.8 Å². The molecule has 0 atom stereocenters. The van der Waals surface area contributed by atoms with Crippen LogP contribution >= 0.6 is 0 Å². The van der Waals surface area contributed by atoms with Crippen LogP contribution in [0.4, 0.5) is 5.82 Å². The summed E-state index contributed by atoms with van der Waals surface area (Å²) in [6, 6.07) is 8.05. The minimum Gasteiger partial charge on any atom is -0.364 e. The number of aryl methyl sites for hydroxylation is 3. The Balaban J connectivity index is 2.19. The highest BCUT2D eigenvalue weighted by Crippen LogP contribution is 2.17. The van der Waals surface area contributed by atoms with Gasteiger partial charge < -0.3 is 5.32 Å². The van der Waals surface area contributed by atoms with E-state index in [0.717, 1.165) is 22.9 Å². The third kappa shape index (κ3) is 2.33. The lowest BCUT2D eigenvalue weighted by atomic mass is 10.2. The SMILES string of the molecule is Cc1cccc(CNc2c(C#N)c(C)nn2C)n1. The summed E-state index contributed by atoms with van der Waals surface area (Å²) in [6.07, 6.45) is 0. The molecule has 1 N–H and O–H groups in total. The predicted octanol–water partition coefficient (Wildman–Crippen LogP) is 1.92. The molecule has 0 aromatic carbocycles. The molecule has 0 fully saturated rings. The number of rotatable bonds is 3. The van der Waals surface area contributed by atoms with Crippen molar-refractivity contribution in [3.8, 4) is 6.07 Å². The Hall–Kier alpha value is -2.35. The number of pyridine rings is 1. The third-order valence-electron chi connectivity index (χ3n) is 2.72. The molecule has 0 aliphatic rings. The summed E-state index contributed by atoms with van der Waals surface area (Å²) in [6.45, 7) is 4.36. The van der Waals surface area contributed by atoms with Crippen molar-refractivity contribution >= 4 is 5.82 Å². The van der Waals surface area contributed by atoms with Crippen molar-refractivity contribution < 1.29 is 0 Å². The molecule has 2 heterocycles. The summed E-state index contributed by atoms with van der Waals surface area (Å²) >= 11 is 0. The zero-order valence-electron chi connectivity index (χ0n) is 10.7. The fraction of sp³-hybridized carbons (Fsp3) is 0.308. The molecule has 0 aliphatic heterocycles. The van der Waals surface area contributed by atoms with Gasteiger partial charge in [-0.2, -0.15) is 10.4 Å². The van der Waals surface area contributed by atoms with E-state index in [1.807, 2.05) is 39.1 Å². The Bertz CT molecular complexity index is 606. The summed E-state index contributed by atoms with van der Waals surface area (Å²) in [4.78, 5) is 4.41. The second kappa shape index (κ2) is 4.88. The van der Waals surface area contributed by atoms with Gasteiger partial charge in [-0.05, 0) is 26.0 Å². The van der Waals surface area contributed by atoms with Gasteiger partial charge in [-0.15, -0.1) is 0 Å². The highest BCUT2D eigenvalue weighted by atomic mass is 15.3. The van der Waals surface area contributed by atoms with Gasteiger partial charge in [0.1, 0.15) is 17.5 Å². The van der Waals surface area contributed by atoms with E-state index in [1.165, 1.54) is 0 Å². The number of hydrogen-bond acceptors (Lipinski definition) is 4. The largest absolute Gasteiger partial charge is 0.364 e.